The highest BCUT2D eigenvalue weighted by atomic mass is 16.1. The van der Waals surface area contributed by atoms with Crippen LogP contribution in [-0.2, 0) is 0 Å². The van der Waals surface area contributed by atoms with Crippen molar-refractivity contribution >= 4 is 11.7 Å². The number of carbonyl (C=O) groups is 1. The lowest BCUT2D eigenvalue weighted by Gasteiger charge is -2.03. The van der Waals surface area contributed by atoms with Crippen molar-refractivity contribution in [3.63, 3.8) is 0 Å². The van der Waals surface area contributed by atoms with Crippen molar-refractivity contribution in [2.75, 3.05) is 19.4 Å². The first-order chi connectivity index (χ1) is 7.21. The van der Waals surface area contributed by atoms with Crippen LogP contribution in [0.15, 0.2) is 12.4 Å². The van der Waals surface area contributed by atoms with Crippen LogP contribution in [-0.4, -0.2) is 30.0 Å². The van der Waals surface area contributed by atoms with Gasteiger partial charge in [0, 0.05) is 26.5 Å². The first-order valence-corrected chi connectivity index (χ1v) is 4.92. The molecule has 5 nitrogen and oxygen atoms in total. The van der Waals surface area contributed by atoms with Gasteiger partial charge < -0.3 is 10.6 Å². The molecule has 0 saturated heterocycles. The number of anilines is 1. The molecular formula is C10H18N4O. The molecule has 0 bridgehead atoms. The molecule has 0 radical (unpaired) electrons. The predicted octanol–water partition coefficient (Wildman–Crippen LogP) is 1.29. The van der Waals surface area contributed by atoms with Crippen LogP contribution >= 0.6 is 0 Å². The lowest BCUT2D eigenvalue weighted by molar-refractivity contribution is 0.0958. The third-order valence-corrected chi connectivity index (χ3v) is 1.38. The fourth-order valence-corrected chi connectivity index (χ4v) is 0.806. The summed E-state index contributed by atoms with van der Waals surface area (Å²) in [6.45, 7) is 4.25. The van der Waals surface area contributed by atoms with Gasteiger partial charge in [0.05, 0.1) is 0 Å². The van der Waals surface area contributed by atoms with E-state index in [2.05, 4.69) is 34.4 Å². The standard InChI is InChI=1S/C7H10N4O.C3H8/c1-8-6-5(7(12)9-2)10-3-4-11-6;1-3-2/h3-4H,1-2H3,(H,8,11)(H,9,12);3H2,1-2H3. The highest BCUT2D eigenvalue weighted by molar-refractivity contribution is 5.96. The zero-order valence-electron chi connectivity index (χ0n) is 9.66. The van der Waals surface area contributed by atoms with Crippen molar-refractivity contribution in [3.8, 4) is 0 Å². The average Bonchev–Trinajstić information content (AvgIpc) is 2.29. The van der Waals surface area contributed by atoms with Crippen molar-refractivity contribution in [1.82, 2.24) is 15.3 Å². The first-order valence-electron chi connectivity index (χ1n) is 4.92. The number of hydrogen-bond donors (Lipinski definition) is 2. The Labute approximate surface area is 90.3 Å². The summed E-state index contributed by atoms with van der Waals surface area (Å²) >= 11 is 0. The summed E-state index contributed by atoms with van der Waals surface area (Å²) in [6.07, 6.45) is 4.25. The van der Waals surface area contributed by atoms with Gasteiger partial charge in [0.1, 0.15) is 0 Å². The Morgan fingerprint density at radius 3 is 2.27 bits per heavy atom. The zero-order valence-corrected chi connectivity index (χ0v) is 9.66. The van der Waals surface area contributed by atoms with Crippen LogP contribution in [0.4, 0.5) is 5.82 Å². The van der Waals surface area contributed by atoms with Gasteiger partial charge in [-0.05, 0) is 0 Å². The quantitative estimate of drug-likeness (QED) is 0.772. The van der Waals surface area contributed by atoms with Gasteiger partial charge in [-0.15, -0.1) is 0 Å². The molecule has 0 spiro atoms. The molecular weight excluding hydrogens is 192 g/mol. The molecule has 0 saturated carbocycles. The summed E-state index contributed by atoms with van der Waals surface area (Å²) in [4.78, 5) is 19.0. The molecule has 1 aromatic heterocycles. The molecule has 1 aromatic rings. The van der Waals surface area contributed by atoms with E-state index in [1.54, 1.807) is 14.1 Å². The van der Waals surface area contributed by atoms with E-state index in [-0.39, 0.29) is 5.91 Å². The van der Waals surface area contributed by atoms with E-state index in [0.717, 1.165) is 0 Å². The van der Waals surface area contributed by atoms with Gasteiger partial charge in [0.15, 0.2) is 11.5 Å². The molecule has 0 fully saturated rings. The summed E-state index contributed by atoms with van der Waals surface area (Å²) in [7, 11) is 3.24. The van der Waals surface area contributed by atoms with Gasteiger partial charge in [-0.3, -0.25) is 4.79 Å². The van der Waals surface area contributed by atoms with E-state index in [9.17, 15) is 4.79 Å². The van der Waals surface area contributed by atoms with E-state index < -0.39 is 0 Å². The summed E-state index contributed by atoms with van der Waals surface area (Å²) in [5, 5.41) is 5.25. The first kappa shape index (κ1) is 13.4. The predicted molar refractivity (Wildman–Crippen MR) is 60.9 cm³/mol. The summed E-state index contributed by atoms with van der Waals surface area (Å²) in [5.41, 5.74) is 0.308. The molecule has 1 rings (SSSR count). The van der Waals surface area contributed by atoms with E-state index in [1.807, 2.05) is 0 Å². The van der Waals surface area contributed by atoms with Gasteiger partial charge in [0.2, 0.25) is 0 Å². The maximum atomic E-state index is 11.1. The third kappa shape index (κ3) is 4.39. The Morgan fingerprint density at radius 1 is 1.27 bits per heavy atom. The number of nitrogens with one attached hydrogen (secondary N) is 2. The second kappa shape index (κ2) is 7.73. The van der Waals surface area contributed by atoms with Crippen LogP contribution in [0.25, 0.3) is 0 Å². The summed E-state index contributed by atoms with van der Waals surface area (Å²) < 4.78 is 0. The molecule has 5 heteroatoms. The van der Waals surface area contributed by atoms with Crippen LogP contribution < -0.4 is 10.6 Å². The van der Waals surface area contributed by atoms with Gasteiger partial charge in [-0.1, -0.05) is 20.3 Å². The minimum absolute atomic E-state index is 0.243. The molecule has 15 heavy (non-hydrogen) atoms. The SMILES string of the molecule is CCC.CNC(=O)c1nccnc1NC. The van der Waals surface area contributed by atoms with Gasteiger partial charge in [-0.2, -0.15) is 0 Å². The summed E-state index contributed by atoms with van der Waals surface area (Å²) in [5.74, 6) is 0.240. The molecule has 0 unspecified atom stereocenters. The third-order valence-electron chi connectivity index (χ3n) is 1.38. The molecule has 0 atom stereocenters. The van der Waals surface area contributed by atoms with Crippen molar-refractivity contribution in [2.24, 2.45) is 0 Å². The fraction of sp³-hybridized carbons (Fsp3) is 0.500. The molecule has 1 heterocycles. The maximum absolute atomic E-state index is 11.1. The van der Waals surface area contributed by atoms with Gasteiger partial charge >= 0.3 is 0 Å². The van der Waals surface area contributed by atoms with Crippen LogP contribution in [0.1, 0.15) is 30.8 Å². The van der Waals surface area contributed by atoms with Crippen molar-refractivity contribution in [2.45, 2.75) is 20.3 Å². The van der Waals surface area contributed by atoms with E-state index >= 15 is 0 Å². The molecule has 84 valence electrons. The minimum Gasteiger partial charge on any atom is -0.371 e. The van der Waals surface area contributed by atoms with E-state index in [0.29, 0.717) is 11.5 Å². The van der Waals surface area contributed by atoms with Crippen LogP contribution in [0.3, 0.4) is 0 Å². The second-order valence-electron chi connectivity index (χ2n) is 2.79. The molecule has 2 N–H and O–H groups in total. The van der Waals surface area contributed by atoms with Crippen molar-refractivity contribution in [1.29, 1.82) is 0 Å². The van der Waals surface area contributed by atoms with Crippen LogP contribution in [0.2, 0.25) is 0 Å². The smallest absolute Gasteiger partial charge is 0.273 e. The number of nitrogens with zero attached hydrogens (tertiary/aromatic N) is 2. The van der Waals surface area contributed by atoms with E-state index in [1.165, 1.54) is 18.8 Å². The maximum Gasteiger partial charge on any atom is 0.273 e. The highest BCUT2D eigenvalue weighted by Crippen LogP contribution is 2.05. The van der Waals surface area contributed by atoms with Crippen molar-refractivity contribution < 1.29 is 4.79 Å². The van der Waals surface area contributed by atoms with Gasteiger partial charge in [-0.25, -0.2) is 9.97 Å². The van der Waals surface area contributed by atoms with Crippen LogP contribution in [0, 0.1) is 0 Å². The molecule has 0 aliphatic heterocycles. The number of hydrogen-bond acceptors (Lipinski definition) is 4. The summed E-state index contributed by atoms with van der Waals surface area (Å²) in [6, 6.07) is 0. The second-order valence-corrected chi connectivity index (χ2v) is 2.79. The molecule has 1 amide bonds. The van der Waals surface area contributed by atoms with E-state index in [4.69, 9.17) is 0 Å². The minimum atomic E-state index is -0.243. The Morgan fingerprint density at radius 2 is 1.80 bits per heavy atom. The fourth-order valence-electron chi connectivity index (χ4n) is 0.806. The Balaban J connectivity index is 0.000000583. The monoisotopic (exact) mass is 210 g/mol. The average molecular weight is 210 g/mol. The highest BCUT2D eigenvalue weighted by Gasteiger charge is 2.09. The lowest BCUT2D eigenvalue weighted by atomic mass is 10.4. The number of amides is 1. The Hall–Kier alpha value is -1.65. The largest absolute Gasteiger partial charge is 0.371 e. The van der Waals surface area contributed by atoms with Crippen LogP contribution in [0.5, 0.6) is 0 Å². The lowest BCUT2D eigenvalue weighted by Crippen LogP contribution is -2.21. The Bertz CT molecular complexity index is 301. The molecule has 0 aromatic carbocycles. The Kier molecular flexibility index (Phi) is 6.88. The number of aromatic nitrogens is 2. The topological polar surface area (TPSA) is 66.9 Å². The number of rotatable bonds is 2. The zero-order chi connectivity index (χ0) is 11.7. The van der Waals surface area contributed by atoms with Crippen molar-refractivity contribution in [3.05, 3.63) is 18.1 Å². The molecule has 0 aliphatic carbocycles. The number of carbonyl (C=O) groups excluding carboxylic acids is 1. The molecule has 0 aliphatic rings. The van der Waals surface area contributed by atoms with Gasteiger partial charge in [0.25, 0.3) is 5.91 Å². The normalized spacial score (nSPS) is 8.53.